The van der Waals surface area contributed by atoms with Crippen molar-refractivity contribution in [3.63, 3.8) is 0 Å². The number of nitrogens with zero attached hydrogens (tertiary/aromatic N) is 3. The van der Waals surface area contributed by atoms with Gasteiger partial charge in [0.2, 0.25) is 0 Å². The van der Waals surface area contributed by atoms with Crippen molar-refractivity contribution in [3.8, 4) is 0 Å². The summed E-state index contributed by atoms with van der Waals surface area (Å²) in [7, 11) is 0. The quantitative estimate of drug-likeness (QED) is 0.255. The largest absolute Gasteiger partial charge is 0.312 e. The van der Waals surface area contributed by atoms with Gasteiger partial charge in [-0.3, -0.25) is 33.9 Å². The third kappa shape index (κ3) is 5.12. The molecule has 0 aromatic heterocycles. The molecule has 8 heteroatoms. The Kier molecular flexibility index (Phi) is 7.71. The lowest BCUT2D eigenvalue weighted by atomic mass is 9.89. The lowest BCUT2D eigenvalue weighted by Gasteiger charge is -2.41. The first kappa shape index (κ1) is 29.3. The van der Waals surface area contributed by atoms with E-state index in [4.69, 9.17) is 0 Å². The molecule has 230 valence electrons. The van der Waals surface area contributed by atoms with Crippen LogP contribution < -0.4 is 5.32 Å². The van der Waals surface area contributed by atoms with Gasteiger partial charge >= 0.3 is 0 Å². The maximum Gasteiger partial charge on any atom is 0.261 e. The molecule has 8 nitrogen and oxygen atoms in total. The third-order valence-corrected chi connectivity index (χ3v) is 9.84. The van der Waals surface area contributed by atoms with Crippen LogP contribution in [0.5, 0.6) is 0 Å². The van der Waals surface area contributed by atoms with Gasteiger partial charge in [0, 0.05) is 77.3 Å². The molecule has 2 heterocycles. The Balaban J connectivity index is 0.982. The summed E-state index contributed by atoms with van der Waals surface area (Å²) in [6.07, 6.45) is 4.05. The van der Waals surface area contributed by atoms with Crippen LogP contribution in [-0.4, -0.2) is 82.6 Å². The molecule has 0 bridgehead atoms. The molecule has 4 amide bonds. The van der Waals surface area contributed by atoms with E-state index in [0.717, 1.165) is 47.2 Å². The Hall–Kier alpha value is -4.40. The highest BCUT2D eigenvalue weighted by molar-refractivity contribution is 6.26. The van der Waals surface area contributed by atoms with Gasteiger partial charge in [0.1, 0.15) is 0 Å². The van der Waals surface area contributed by atoms with Crippen LogP contribution in [0.15, 0.2) is 72.8 Å². The zero-order valence-corrected chi connectivity index (χ0v) is 25.8. The van der Waals surface area contributed by atoms with Gasteiger partial charge in [0.15, 0.2) is 0 Å². The highest BCUT2D eigenvalue weighted by atomic mass is 16.2. The molecular formula is C37H38N4O4. The average molecular weight is 603 g/mol. The molecule has 3 aliphatic rings. The second kappa shape index (κ2) is 11.8. The van der Waals surface area contributed by atoms with Gasteiger partial charge in [0.05, 0.1) is 0 Å². The molecule has 7 rings (SSSR count). The van der Waals surface area contributed by atoms with Gasteiger partial charge in [-0.2, -0.15) is 0 Å². The van der Waals surface area contributed by atoms with Gasteiger partial charge in [-0.05, 0) is 68.1 Å². The summed E-state index contributed by atoms with van der Waals surface area (Å²) in [6, 6.07) is 23.2. The molecule has 45 heavy (non-hydrogen) atoms. The molecule has 1 N–H and O–H groups in total. The standard InChI is InChI=1S/C37H38N4O4/c1-23(2)39(20-21-41-36(44)30-16-5-10-25-11-6-17-31(33(25)30)37(41)45)27-13-7-12-26(22-27)38-18-19-40-34(42)28-14-3-8-24-9-4-15-29(32(24)28)35(40)43/h3-6,8-11,14-17,23,26-27,38H,7,12-13,18-22H2,1-2H3. The fraction of sp³-hybridized carbons (Fsp3) is 0.351. The molecule has 4 aromatic rings. The number of nitrogens with one attached hydrogen (secondary N) is 1. The van der Waals surface area contributed by atoms with E-state index < -0.39 is 0 Å². The minimum atomic E-state index is -0.237. The third-order valence-electron chi connectivity index (χ3n) is 9.84. The lowest BCUT2D eigenvalue weighted by molar-refractivity contribution is 0.0534. The number of imide groups is 2. The molecule has 1 aliphatic carbocycles. The molecule has 2 aliphatic heterocycles. The van der Waals surface area contributed by atoms with Crippen LogP contribution in [0.4, 0.5) is 0 Å². The predicted molar refractivity (Wildman–Crippen MR) is 175 cm³/mol. The second-order valence-corrected chi connectivity index (χ2v) is 12.7. The molecule has 1 fully saturated rings. The van der Waals surface area contributed by atoms with Gasteiger partial charge in [-0.1, -0.05) is 55.0 Å². The zero-order valence-electron chi connectivity index (χ0n) is 25.8. The van der Waals surface area contributed by atoms with Crippen molar-refractivity contribution >= 4 is 45.2 Å². The van der Waals surface area contributed by atoms with Crippen LogP contribution in [0.25, 0.3) is 21.5 Å². The van der Waals surface area contributed by atoms with Crippen LogP contribution >= 0.6 is 0 Å². The zero-order chi connectivity index (χ0) is 31.2. The van der Waals surface area contributed by atoms with Crippen molar-refractivity contribution in [1.29, 1.82) is 0 Å². The molecule has 0 radical (unpaired) electrons. The first-order valence-electron chi connectivity index (χ1n) is 16.1. The maximum absolute atomic E-state index is 13.5. The Bertz CT molecular complexity index is 1750. The van der Waals surface area contributed by atoms with E-state index >= 15 is 0 Å². The van der Waals surface area contributed by atoms with Gasteiger partial charge in [0.25, 0.3) is 23.6 Å². The molecule has 4 aromatic carbocycles. The summed E-state index contributed by atoms with van der Waals surface area (Å²) in [5.74, 6) is -0.924. The minimum Gasteiger partial charge on any atom is -0.312 e. The number of benzene rings is 4. The van der Waals surface area contributed by atoms with Crippen molar-refractivity contribution in [2.75, 3.05) is 26.2 Å². The number of hydrogen-bond donors (Lipinski definition) is 1. The number of carbonyl (C=O) groups is 4. The van der Waals surface area contributed by atoms with Crippen LogP contribution in [0.3, 0.4) is 0 Å². The van der Waals surface area contributed by atoms with Crippen LogP contribution in [0.2, 0.25) is 0 Å². The molecule has 1 saturated carbocycles. The number of amides is 4. The monoisotopic (exact) mass is 602 g/mol. The summed E-state index contributed by atoms with van der Waals surface area (Å²) < 4.78 is 0. The van der Waals surface area contributed by atoms with Crippen molar-refractivity contribution < 1.29 is 19.2 Å². The predicted octanol–water partition coefficient (Wildman–Crippen LogP) is 5.50. The second-order valence-electron chi connectivity index (χ2n) is 12.7. The highest BCUT2D eigenvalue weighted by Gasteiger charge is 2.35. The number of rotatable bonds is 9. The van der Waals surface area contributed by atoms with Crippen molar-refractivity contribution in [3.05, 3.63) is 95.1 Å². The summed E-state index contributed by atoms with van der Waals surface area (Å²) >= 11 is 0. The summed E-state index contributed by atoms with van der Waals surface area (Å²) in [5.41, 5.74) is 2.34. The van der Waals surface area contributed by atoms with Gasteiger partial charge in [-0.15, -0.1) is 0 Å². The van der Waals surface area contributed by atoms with Crippen LogP contribution in [-0.2, 0) is 0 Å². The van der Waals surface area contributed by atoms with E-state index in [0.29, 0.717) is 54.5 Å². The first-order chi connectivity index (χ1) is 21.8. The Morgan fingerprint density at radius 1 is 0.689 bits per heavy atom. The molecule has 2 atom stereocenters. The van der Waals surface area contributed by atoms with Crippen LogP contribution in [0.1, 0.15) is 81.0 Å². The fourth-order valence-corrected chi connectivity index (χ4v) is 7.68. The van der Waals surface area contributed by atoms with E-state index in [2.05, 4.69) is 24.1 Å². The lowest BCUT2D eigenvalue weighted by Crippen LogP contribution is -2.52. The van der Waals surface area contributed by atoms with E-state index in [9.17, 15) is 19.2 Å². The number of hydrogen-bond acceptors (Lipinski definition) is 6. The molecule has 0 spiro atoms. The Morgan fingerprint density at radius 2 is 1.16 bits per heavy atom. The SMILES string of the molecule is CC(C)N(CCN1C(=O)c2cccc3cccc(c23)C1=O)C1CCCC(NCCN2C(=O)c3cccc4cccc(c34)C2=O)C1. The summed E-state index contributed by atoms with van der Waals surface area (Å²) in [4.78, 5) is 58.7. The fourth-order valence-electron chi connectivity index (χ4n) is 7.68. The van der Waals surface area contributed by atoms with E-state index in [1.807, 2.05) is 60.7 Å². The number of carbonyl (C=O) groups excluding carboxylic acids is 4. The summed E-state index contributed by atoms with van der Waals surface area (Å²) in [6.45, 7) is 6.11. The summed E-state index contributed by atoms with van der Waals surface area (Å²) in [5, 5.41) is 6.95. The smallest absolute Gasteiger partial charge is 0.261 e. The highest BCUT2D eigenvalue weighted by Crippen LogP contribution is 2.32. The van der Waals surface area contributed by atoms with Crippen LogP contribution in [0, 0.1) is 0 Å². The normalized spacial score (nSPS) is 19.9. The average Bonchev–Trinajstić information content (AvgIpc) is 3.05. The maximum atomic E-state index is 13.5. The minimum absolute atomic E-state index is 0.225. The van der Waals surface area contributed by atoms with Gasteiger partial charge < -0.3 is 5.32 Å². The van der Waals surface area contributed by atoms with E-state index in [-0.39, 0.29) is 35.7 Å². The van der Waals surface area contributed by atoms with Crippen molar-refractivity contribution in [1.82, 2.24) is 20.0 Å². The molecule has 0 saturated heterocycles. The molecule has 2 unspecified atom stereocenters. The van der Waals surface area contributed by atoms with Crippen molar-refractivity contribution in [2.24, 2.45) is 0 Å². The van der Waals surface area contributed by atoms with Crippen molar-refractivity contribution in [2.45, 2.75) is 57.7 Å². The molecular weight excluding hydrogens is 564 g/mol. The van der Waals surface area contributed by atoms with E-state index in [1.165, 1.54) is 9.80 Å². The topological polar surface area (TPSA) is 90.0 Å². The first-order valence-corrected chi connectivity index (χ1v) is 16.1. The van der Waals surface area contributed by atoms with Gasteiger partial charge in [-0.25, -0.2) is 0 Å². The van der Waals surface area contributed by atoms with E-state index in [1.54, 1.807) is 12.1 Å². The Morgan fingerprint density at radius 3 is 1.62 bits per heavy atom. The Labute approximate surface area is 263 Å².